The number of hydrogen-bond donors (Lipinski definition) is 2. The average Bonchev–Trinajstić information content (AvgIpc) is 2.96. The number of fused-ring (bicyclic) bond motifs is 1. The van der Waals surface area contributed by atoms with E-state index in [0.717, 1.165) is 17.7 Å². The van der Waals surface area contributed by atoms with Crippen LogP contribution >= 0.6 is 0 Å². The second-order valence-corrected chi connectivity index (χ2v) is 9.01. The highest BCUT2D eigenvalue weighted by atomic mass is 32.2. The van der Waals surface area contributed by atoms with Crippen molar-refractivity contribution in [1.29, 1.82) is 0 Å². The van der Waals surface area contributed by atoms with E-state index in [0.29, 0.717) is 12.8 Å². The number of nitrogens with zero attached hydrogens (tertiary/aromatic N) is 1. The number of carbonyl (C=O) groups excluding carboxylic acids is 4. The number of carbonyl (C=O) groups is 4. The van der Waals surface area contributed by atoms with Crippen LogP contribution in [-0.4, -0.2) is 49.7 Å². The van der Waals surface area contributed by atoms with E-state index < -0.39 is 34.5 Å². The molecule has 1 aliphatic carbocycles. The Hall–Kier alpha value is -2.79. The Morgan fingerprint density at radius 2 is 1.80 bits per heavy atom. The van der Waals surface area contributed by atoms with E-state index in [-0.39, 0.29) is 34.2 Å². The SMILES string of the molecule is CC(C(=O)OCC(=O)Nc1cccc(S(N)(=O)=O)c1)N1C(=O)C2CCCCC2C1=O. The summed E-state index contributed by atoms with van der Waals surface area (Å²) in [5.74, 6) is -3.07. The van der Waals surface area contributed by atoms with E-state index in [2.05, 4.69) is 5.32 Å². The van der Waals surface area contributed by atoms with E-state index in [9.17, 15) is 27.6 Å². The first-order chi connectivity index (χ1) is 14.1. The van der Waals surface area contributed by atoms with Gasteiger partial charge in [-0.15, -0.1) is 0 Å². The predicted molar refractivity (Wildman–Crippen MR) is 104 cm³/mol. The summed E-state index contributed by atoms with van der Waals surface area (Å²) in [6.07, 6.45) is 3.01. The average molecular weight is 437 g/mol. The Kier molecular flexibility index (Phi) is 6.22. The van der Waals surface area contributed by atoms with E-state index in [4.69, 9.17) is 9.88 Å². The number of imide groups is 1. The minimum absolute atomic E-state index is 0.157. The molecule has 3 unspecified atom stereocenters. The predicted octanol–water partition coefficient (Wildman–Crippen LogP) is 0.379. The molecule has 162 valence electrons. The number of primary sulfonamides is 1. The lowest BCUT2D eigenvalue weighted by molar-refractivity contribution is -0.159. The van der Waals surface area contributed by atoms with Crippen LogP contribution in [0.25, 0.3) is 0 Å². The summed E-state index contributed by atoms with van der Waals surface area (Å²) in [6, 6.07) is 4.15. The van der Waals surface area contributed by atoms with Gasteiger partial charge in [0, 0.05) is 5.69 Å². The van der Waals surface area contributed by atoms with Crippen molar-refractivity contribution in [2.45, 2.75) is 43.5 Å². The van der Waals surface area contributed by atoms with Gasteiger partial charge in [0.05, 0.1) is 16.7 Å². The Morgan fingerprint density at radius 1 is 1.20 bits per heavy atom. The number of amides is 3. The summed E-state index contributed by atoms with van der Waals surface area (Å²) in [6.45, 7) is 0.731. The van der Waals surface area contributed by atoms with Crippen LogP contribution in [0.4, 0.5) is 5.69 Å². The van der Waals surface area contributed by atoms with Crippen LogP contribution in [-0.2, 0) is 33.9 Å². The molecule has 3 amide bonds. The molecule has 0 radical (unpaired) electrons. The molecule has 0 aromatic heterocycles. The number of hydrogen-bond acceptors (Lipinski definition) is 7. The summed E-state index contributed by atoms with van der Waals surface area (Å²) in [5.41, 5.74) is 0.157. The van der Waals surface area contributed by atoms with Crippen LogP contribution in [0.5, 0.6) is 0 Å². The fourth-order valence-corrected chi connectivity index (χ4v) is 4.44. The Balaban J connectivity index is 1.57. The third-order valence-corrected chi connectivity index (χ3v) is 6.31. The van der Waals surface area contributed by atoms with Crippen LogP contribution in [0, 0.1) is 11.8 Å². The molecule has 3 atom stereocenters. The maximum Gasteiger partial charge on any atom is 0.329 e. The molecule has 3 N–H and O–H groups in total. The summed E-state index contributed by atoms with van der Waals surface area (Å²) in [5, 5.41) is 7.44. The quantitative estimate of drug-likeness (QED) is 0.482. The number of sulfonamides is 1. The lowest BCUT2D eigenvalue weighted by Crippen LogP contribution is -2.45. The molecule has 1 aromatic carbocycles. The van der Waals surface area contributed by atoms with Gasteiger partial charge in [-0.3, -0.25) is 19.3 Å². The third-order valence-electron chi connectivity index (χ3n) is 5.40. The number of ether oxygens (including phenoxy) is 1. The van der Waals surface area contributed by atoms with E-state index in [1.54, 1.807) is 0 Å². The lowest BCUT2D eigenvalue weighted by atomic mass is 9.81. The topological polar surface area (TPSA) is 153 Å². The summed E-state index contributed by atoms with van der Waals surface area (Å²) in [4.78, 5) is 50.2. The highest BCUT2D eigenvalue weighted by molar-refractivity contribution is 7.89. The Labute approximate surface area is 173 Å². The van der Waals surface area contributed by atoms with Gasteiger partial charge >= 0.3 is 5.97 Å². The van der Waals surface area contributed by atoms with Gasteiger partial charge in [-0.2, -0.15) is 0 Å². The summed E-state index contributed by atoms with van der Waals surface area (Å²) < 4.78 is 27.7. The molecular weight excluding hydrogens is 414 g/mol. The first-order valence-electron chi connectivity index (χ1n) is 9.56. The smallest absolute Gasteiger partial charge is 0.329 e. The molecule has 11 heteroatoms. The van der Waals surface area contributed by atoms with Crippen LogP contribution in [0.15, 0.2) is 29.2 Å². The standard InChI is InChI=1S/C19H23N3O7S/c1-11(22-17(24)14-7-2-3-8-15(14)18(22)25)19(26)29-10-16(23)21-12-5-4-6-13(9-12)30(20,27)28/h4-6,9,11,14-15H,2-3,7-8,10H2,1H3,(H,21,23)(H2,20,27,28). The van der Waals surface area contributed by atoms with Crippen molar-refractivity contribution in [2.75, 3.05) is 11.9 Å². The fraction of sp³-hybridized carbons (Fsp3) is 0.474. The minimum atomic E-state index is -3.93. The van der Waals surface area contributed by atoms with Crippen molar-refractivity contribution in [2.24, 2.45) is 17.0 Å². The van der Waals surface area contributed by atoms with Crippen molar-refractivity contribution in [3.8, 4) is 0 Å². The zero-order valence-corrected chi connectivity index (χ0v) is 17.2. The molecule has 2 fully saturated rings. The number of likely N-dealkylation sites (tertiary alicyclic amines) is 1. The number of nitrogens with one attached hydrogen (secondary N) is 1. The summed E-state index contributed by atoms with van der Waals surface area (Å²) in [7, 11) is -3.93. The molecule has 3 rings (SSSR count). The zero-order chi connectivity index (χ0) is 22.1. The highest BCUT2D eigenvalue weighted by Crippen LogP contribution is 2.38. The van der Waals surface area contributed by atoms with Crippen molar-refractivity contribution in [3.63, 3.8) is 0 Å². The molecule has 1 aliphatic heterocycles. The zero-order valence-electron chi connectivity index (χ0n) is 16.4. The molecular formula is C19H23N3O7S. The van der Waals surface area contributed by atoms with E-state index in [1.807, 2.05) is 0 Å². The lowest BCUT2D eigenvalue weighted by Gasteiger charge is -2.21. The molecule has 1 saturated heterocycles. The molecule has 30 heavy (non-hydrogen) atoms. The van der Waals surface area contributed by atoms with E-state index in [1.165, 1.54) is 31.2 Å². The van der Waals surface area contributed by atoms with Gasteiger partial charge < -0.3 is 10.1 Å². The maximum absolute atomic E-state index is 12.5. The van der Waals surface area contributed by atoms with Gasteiger partial charge in [-0.1, -0.05) is 18.9 Å². The first-order valence-corrected chi connectivity index (χ1v) is 11.1. The number of rotatable bonds is 6. The van der Waals surface area contributed by atoms with Crippen LogP contribution < -0.4 is 10.5 Å². The fourth-order valence-electron chi connectivity index (χ4n) is 3.88. The van der Waals surface area contributed by atoms with Gasteiger partial charge in [-0.25, -0.2) is 18.4 Å². The monoisotopic (exact) mass is 437 g/mol. The Bertz CT molecular complexity index is 968. The largest absolute Gasteiger partial charge is 0.454 e. The van der Waals surface area contributed by atoms with Crippen molar-refractivity contribution < 1.29 is 32.3 Å². The second-order valence-electron chi connectivity index (χ2n) is 7.45. The number of benzene rings is 1. The molecule has 1 saturated carbocycles. The normalized spacial score (nSPS) is 22.4. The number of nitrogens with two attached hydrogens (primary N) is 1. The molecule has 2 aliphatic rings. The molecule has 10 nitrogen and oxygen atoms in total. The Morgan fingerprint density at radius 3 is 2.37 bits per heavy atom. The molecule has 0 spiro atoms. The van der Waals surface area contributed by atoms with E-state index >= 15 is 0 Å². The van der Waals surface area contributed by atoms with Gasteiger partial charge in [0.2, 0.25) is 21.8 Å². The van der Waals surface area contributed by atoms with Gasteiger partial charge in [0.25, 0.3) is 5.91 Å². The third kappa shape index (κ3) is 4.51. The number of anilines is 1. The van der Waals surface area contributed by atoms with Gasteiger partial charge in [0.15, 0.2) is 6.61 Å². The van der Waals surface area contributed by atoms with Crippen molar-refractivity contribution in [1.82, 2.24) is 4.90 Å². The van der Waals surface area contributed by atoms with Crippen molar-refractivity contribution >= 4 is 39.4 Å². The highest BCUT2D eigenvalue weighted by Gasteiger charge is 2.51. The molecule has 1 aromatic rings. The van der Waals surface area contributed by atoms with Gasteiger partial charge in [0.1, 0.15) is 6.04 Å². The minimum Gasteiger partial charge on any atom is -0.454 e. The second kappa shape index (κ2) is 8.52. The van der Waals surface area contributed by atoms with Crippen LogP contribution in [0.1, 0.15) is 32.6 Å². The first kappa shape index (κ1) is 21.9. The summed E-state index contributed by atoms with van der Waals surface area (Å²) >= 11 is 0. The number of esters is 1. The van der Waals surface area contributed by atoms with Crippen LogP contribution in [0.2, 0.25) is 0 Å². The maximum atomic E-state index is 12.5. The molecule has 1 heterocycles. The molecule has 0 bridgehead atoms. The van der Waals surface area contributed by atoms with Crippen molar-refractivity contribution in [3.05, 3.63) is 24.3 Å². The van der Waals surface area contributed by atoms with Gasteiger partial charge in [-0.05, 0) is 38.0 Å². The van der Waals surface area contributed by atoms with Crippen LogP contribution in [0.3, 0.4) is 0 Å².